The molecule has 1 aromatic rings. The number of rotatable bonds is 3. The van der Waals surface area contributed by atoms with E-state index in [0.29, 0.717) is 6.04 Å². The van der Waals surface area contributed by atoms with Crippen LogP contribution in [-0.4, -0.2) is 29.2 Å². The summed E-state index contributed by atoms with van der Waals surface area (Å²) in [5.74, 6) is 1.96. The molecule has 1 aliphatic heterocycles. The van der Waals surface area contributed by atoms with E-state index < -0.39 is 0 Å². The van der Waals surface area contributed by atoms with Crippen LogP contribution in [0.3, 0.4) is 0 Å². The number of nitrogens with zero attached hydrogens (tertiary/aromatic N) is 1. The van der Waals surface area contributed by atoms with Crippen LogP contribution in [0.2, 0.25) is 0 Å². The van der Waals surface area contributed by atoms with Gasteiger partial charge in [0.25, 0.3) is 0 Å². The Morgan fingerprint density at radius 2 is 2.43 bits per heavy atom. The summed E-state index contributed by atoms with van der Waals surface area (Å²) in [5.41, 5.74) is 0. The van der Waals surface area contributed by atoms with Crippen molar-refractivity contribution >= 4 is 0 Å². The van der Waals surface area contributed by atoms with Gasteiger partial charge in [0.05, 0.1) is 13.2 Å². The standard InChI is InChI=1S/C11H17NO2/c1-9-4-5-11(14-9)7-12-6-2-3-10(12)8-13/h4-5,10,13H,2-3,6-8H2,1H3/t10-/m1/s1. The molecule has 1 aliphatic rings. The smallest absolute Gasteiger partial charge is 0.118 e. The van der Waals surface area contributed by atoms with Gasteiger partial charge >= 0.3 is 0 Å². The molecule has 0 amide bonds. The summed E-state index contributed by atoms with van der Waals surface area (Å²) in [7, 11) is 0. The fraction of sp³-hybridized carbons (Fsp3) is 0.636. The molecule has 1 saturated heterocycles. The maximum Gasteiger partial charge on any atom is 0.118 e. The molecule has 0 aliphatic carbocycles. The van der Waals surface area contributed by atoms with Gasteiger partial charge in [-0.1, -0.05) is 0 Å². The van der Waals surface area contributed by atoms with E-state index in [9.17, 15) is 0 Å². The Hall–Kier alpha value is -0.800. The monoisotopic (exact) mass is 195 g/mol. The molecule has 1 N–H and O–H groups in total. The maximum absolute atomic E-state index is 9.15. The zero-order chi connectivity index (χ0) is 9.97. The molecule has 2 rings (SSSR count). The lowest BCUT2D eigenvalue weighted by atomic mass is 10.2. The van der Waals surface area contributed by atoms with Crippen molar-refractivity contribution < 1.29 is 9.52 Å². The van der Waals surface area contributed by atoms with Gasteiger partial charge in [0.2, 0.25) is 0 Å². The van der Waals surface area contributed by atoms with Gasteiger partial charge in [0, 0.05) is 6.04 Å². The molecule has 1 aromatic heterocycles. The normalized spacial score (nSPS) is 23.1. The van der Waals surface area contributed by atoms with Crippen LogP contribution in [0.4, 0.5) is 0 Å². The number of likely N-dealkylation sites (tertiary alicyclic amines) is 1. The maximum atomic E-state index is 9.15. The van der Waals surface area contributed by atoms with Crippen LogP contribution in [0.1, 0.15) is 24.4 Å². The molecule has 78 valence electrons. The van der Waals surface area contributed by atoms with Crippen molar-refractivity contribution in [2.45, 2.75) is 32.4 Å². The lowest BCUT2D eigenvalue weighted by Crippen LogP contribution is -2.31. The molecule has 0 saturated carbocycles. The van der Waals surface area contributed by atoms with Crippen molar-refractivity contribution in [3.8, 4) is 0 Å². The van der Waals surface area contributed by atoms with Crippen molar-refractivity contribution in [1.82, 2.24) is 4.90 Å². The van der Waals surface area contributed by atoms with E-state index in [1.54, 1.807) is 0 Å². The predicted molar refractivity (Wildman–Crippen MR) is 54.0 cm³/mol. The minimum absolute atomic E-state index is 0.264. The highest BCUT2D eigenvalue weighted by molar-refractivity contribution is 5.05. The summed E-state index contributed by atoms with van der Waals surface area (Å²) in [4.78, 5) is 2.29. The third-order valence-corrected chi connectivity index (χ3v) is 2.86. The second-order valence-electron chi connectivity index (χ2n) is 3.96. The Morgan fingerprint density at radius 3 is 3.07 bits per heavy atom. The fourth-order valence-electron chi connectivity index (χ4n) is 2.08. The molecule has 0 spiro atoms. The highest BCUT2D eigenvalue weighted by Gasteiger charge is 2.24. The van der Waals surface area contributed by atoms with E-state index in [2.05, 4.69) is 4.90 Å². The largest absolute Gasteiger partial charge is 0.465 e. The summed E-state index contributed by atoms with van der Waals surface area (Å²) in [6.45, 7) is 4.13. The van der Waals surface area contributed by atoms with E-state index in [4.69, 9.17) is 9.52 Å². The van der Waals surface area contributed by atoms with Gasteiger partial charge in [0.15, 0.2) is 0 Å². The molecule has 0 aromatic carbocycles. The van der Waals surface area contributed by atoms with E-state index in [1.165, 1.54) is 6.42 Å². The molecule has 1 fully saturated rings. The minimum Gasteiger partial charge on any atom is -0.465 e. The van der Waals surface area contributed by atoms with E-state index in [1.807, 2.05) is 19.1 Å². The quantitative estimate of drug-likeness (QED) is 0.795. The number of aliphatic hydroxyl groups is 1. The molecular weight excluding hydrogens is 178 g/mol. The number of aliphatic hydroxyl groups excluding tert-OH is 1. The van der Waals surface area contributed by atoms with Gasteiger partial charge in [-0.2, -0.15) is 0 Å². The molecule has 14 heavy (non-hydrogen) atoms. The second-order valence-corrected chi connectivity index (χ2v) is 3.96. The summed E-state index contributed by atoms with van der Waals surface area (Å²) in [6, 6.07) is 4.34. The first-order chi connectivity index (χ1) is 6.79. The molecular formula is C11H17NO2. The average Bonchev–Trinajstić information content (AvgIpc) is 2.76. The Labute approximate surface area is 84.3 Å². The average molecular weight is 195 g/mol. The van der Waals surface area contributed by atoms with Crippen molar-refractivity contribution in [3.05, 3.63) is 23.7 Å². The SMILES string of the molecule is Cc1ccc(CN2CCC[C@@H]2CO)o1. The molecule has 3 nitrogen and oxygen atoms in total. The molecule has 2 heterocycles. The summed E-state index contributed by atoms with van der Waals surface area (Å²) in [6.07, 6.45) is 2.29. The van der Waals surface area contributed by atoms with Crippen LogP contribution in [0.5, 0.6) is 0 Å². The van der Waals surface area contributed by atoms with Crippen molar-refractivity contribution in [1.29, 1.82) is 0 Å². The van der Waals surface area contributed by atoms with Gasteiger partial charge in [-0.3, -0.25) is 4.90 Å². The summed E-state index contributed by atoms with van der Waals surface area (Å²) < 4.78 is 5.51. The molecule has 3 heteroatoms. The molecule has 0 unspecified atom stereocenters. The Morgan fingerprint density at radius 1 is 1.57 bits per heavy atom. The van der Waals surface area contributed by atoms with E-state index >= 15 is 0 Å². The third-order valence-electron chi connectivity index (χ3n) is 2.86. The number of furan rings is 1. The zero-order valence-electron chi connectivity index (χ0n) is 8.57. The van der Waals surface area contributed by atoms with E-state index in [0.717, 1.165) is 31.0 Å². The minimum atomic E-state index is 0.264. The van der Waals surface area contributed by atoms with Gasteiger partial charge < -0.3 is 9.52 Å². The first kappa shape index (κ1) is 9.74. The van der Waals surface area contributed by atoms with Crippen LogP contribution in [0.15, 0.2) is 16.5 Å². The van der Waals surface area contributed by atoms with Crippen molar-refractivity contribution in [2.24, 2.45) is 0 Å². The predicted octanol–water partition coefficient (Wildman–Crippen LogP) is 1.54. The van der Waals surface area contributed by atoms with Crippen LogP contribution >= 0.6 is 0 Å². The van der Waals surface area contributed by atoms with Crippen LogP contribution < -0.4 is 0 Å². The summed E-state index contributed by atoms with van der Waals surface area (Å²) in [5, 5.41) is 9.15. The number of aryl methyl sites for hydroxylation is 1. The first-order valence-corrected chi connectivity index (χ1v) is 5.20. The second kappa shape index (κ2) is 4.15. The highest BCUT2D eigenvalue weighted by atomic mass is 16.3. The Bertz CT molecular complexity index is 295. The Balaban J connectivity index is 1.96. The Kier molecular flexibility index (Phi) is 2.89. The molecule has 0 radical (unpaired) electrons. The van der Waals surface area contributed by atoms with Gasteiger partial charge in [-0.15, -0.1) is 0 Å². The van der Waals surface area contributed by atoms with Crippen molar-refractivity contribution in [3.63, 3.8) is 0 Å². The topological polar surface area (TPSA) is 36.6 Å². The molecule has 1 atom stereocenters. The lowest BCUT2D eigenvalue weighted by molar-refractivity contribution is 0.146. The van der Waals surface area contributed by atoms with Gasteiger partial charge in [-0.05, 0) is 38.4 Å². The summed E-state index contributed by atoms with van der Waals surface area (Å²) >= 11 is 0. The fourth-order valence-corrected chi connectivity index (χ4v) is 2.08. The van der Waals surface area contributed by atoms with Gasteiger partial charge in [-0.25, -0.2) is 0 Å². The van der Waals surface area contributed by atoms with Crippen LogP contribution in [-0.2, 0) is 6.54 Å². The van der Waals surface area contributed by atoms with Gasteiger partial charge in [0.1, 0.15) is 11.5 Å². The zero-order valence-corrected chi connectivity index (χ0v) is 8.57. The lowest BCUT2D eigenvalue weighted by Gasteiger charge is -2.21. The molecule has 0 bridgehead atoms. The van der Waals surface area contributed by atoms with Crippen LogP contribution in [0.25, 0.3) is 0 Å². The third kappa shape index (κ3) is 1.99. The van der Waals surface area contributed by atoms with E-state index in [-0.39, 0.29) is 6.61 Å². The number of hydrogen-bond acceptors (Lipinski definition) is 3. The number of hydrogen-bond donors (Lipinski definition) is 1. The van der Waals surface area contributed by atoms with Crippen molar-refractivity contribution in [2.75, 3.05) is 13.2 Å². The highest BCUT2D eigenvalue weighted by Crippen LogP contribution is 2.20. The first-order valence-electron chi connectivity index (χ1n) is 5.20. The van der Waals surface area contributed by atoms with Crippen LogP contribution in [0, 0.1) is 6.92 Å².